The molecule has 1 unspecified atom stereocenters. The molecule has 0 radical (unpaired) electrons. The maximum absolute atomic E-state index is 12.3. The maximum Gasteiger partial charge on any atom is 0.410 e. The van der Waals surface area contributed by atoms with E-state index in [1.807, 2.05) is 20.8 Å². The molecule has 1 aromatic carbocycles. The molecule has 1 amide bonds. The number of aryl methyl sites for hydroxylation is 2. The Morgan fingerprint density at radius 3 is 2.65 bits per heavy atom. The molecular formula is C22H34N2O2. The lowest BCUT2D eigenvalue weighted by molar-refractivity contribution is 0.0241. The Bertz CT molecular complexity index is 673. The van der Waals surface area contributed by atoms with Crippen molar-refractivity contribution in [2.24, 2.45) is 0 Å². The molecule has 1 aliphatic heterocycles. The van der Waals surface area contributed by atoms with Crippen LogP contribution < -0.4 is 5.73 Å². The van der Waals surface area contributed by atoms with Crippen molar-refractivity contribution in [1.29, 1.82) is 0 Å². The number of piperidine rings is 1. The molecular weight excluding hydrogens is 324 g/mol. The number of anilines is 1. The summed E-state index contributed by atoms with van der Waals surface area (Å²) in [7, 11) is 0. The van der Waals surface area contributed by atoms with Crippen LogP contribution in [-0.4, -0.2) is 29.7 Å². The highest BCUT2D eigenvalue weighted by atomic mass is 16.6. The van der Waals surface area contributed by atoms with Crippen molar-refractivity contribution in [3.63, 3.8) is 0 Å². The van der Waals surface area contributed by atoms with Crippen LogP contribution >= 0.6 is 0 Å². The number of rotatable bonds is 4. The van der Waals surface area contributed by atoms with Crippen molar-refractivity contribution in [3.05, 3.63) is 41.0 Å². The first-order valence-corrected chi connectivity index (χ1v) is 9.67. The molecule has 1 aromatic rings. The fourth-order valence-corrected chi connectivity index (χ4v) is 3.53. The minimum absolute atomic E-state index is 0.255. The van der Waals surface area contributed by atoms with Crippen molar-refractivity contribution < 1.29 is 9.53 Å². The van der Waals surface area contributed by atoms with E-state index in [0.717, 1.165) is 36.9 Å². The van der Waals surface area contributed by atoms with E-state index in [0.29, 0.717) is 13.1 Å². The molecule has 0 spiro atoms. The van der Waals surface area contributed by atoms with Crippen LogP contribution in [0, 0.1) is 6.92 Å². The molecule has 144 valence electrons. The Labute approximate surface area is 158 Å². The summed E-state index contributed by atoms with van der Waals surface area (Å²) >= 11 is 0. The summed E-state index contributed by atoms with van der Waals surface area (Å²) < 4.78 is 5.50. The molecule has 1 saturated heterocycles. The summed E-state index contributed by atoms with van der Waals surface area (Å²) in [6, 6.07) is 4.35. The van der Waals surface area contributed by atoms with Crippen LogP contribution in [0.4, 0.5) is 10.5 Å². The first-order valence-electron chi connectivity index (χ1n) is 9.67. The lowest BCUT2D eigenvalue weighted by atomic mass is 9.82. The Hall–Kier alpha value is -1.97. The van der Waals surface area contributed by atoms with Crippen molar-refractivity contribution in [2.75, 3.05) is 18.8 Å². The number of ether oxygens (including phenoxy) is 1. The number of carbonyl (C=O) groups excluding carboxylic acids is 1. The number of nitrogens with zero attached hydrogens (tertiary/aromatic N) is 1. The van der Waals surface area contributed by atoms with Crippen LogP contribution in [0.1, 0.15) is 69.6 Å². The SMILES string of the molecule is C=C1CN(C(=O)OC(C)(C)C)CCC1c1cc(CCCC)c(N)cc1C. The first-order chi connectivity index (χ1) is 12.1. The Morgan fingerprint density at radius 1 is 1.38 bits per heavy atom. The average molecular weight is 359 g/mol. The highest BCUT2D eigenvalue weighted by Gasteiger charge is 2.30. The summed E-state index contributed by atoms with van der Waals surface area (Å²) in [6.45, 7) is 15.5. The Kier molecular flexibility index (Phi) is 6.38. The van der Waals surface area contributed by atoms with Gasteiger partial charge in [-0.1, -0.05) is 31.6 Å². The Morgan fingerprint density at radius 2 is 2.08 bits per heavy atom. The van der Waals surface area contributed by atoms with E-state index >= 15 is 0 Å². The lowest BCUT2D eigenvalue weighted by Gasteiger charge is -2.36. The minimum Gasteiger partial charge on any atom is -0.444 e. The highest BCUT2D eigenvalue weighted by Crippen LogP contribution is 2.36. The number of nitrogen functional groups attached to an aromatic ring is 1. The zero-order valence-corrected chi connectivity index (χ0v) is 17.0. The van der Waals surface area contributed by atoms with Gasteiger partial charge in [-0.05, 0) is 69.7 Å². The predicted octanol–water partition coefficient (Wildman–Crippen LogP) is 5.20. The second kappa shape index (κ2) is 8.15. The monoisotopic (exact) mass is 358 g/mol. The third kappa shape index (κ3) is 5.03. The number of hydrogen-bond acceptors (Lipinski definition) is 3. The summed E-state index contributed by atoms with van der Waals surface area (Å²) in [5.74, 6) is 0.273. The summed E-state index contributed by atoms with van der Waals surface area (Å²) in [5.41, 5.74) is 11.4. The zero-order chi connectivity index (χ0) is 19.5. The second-order valence-electron chi connectivity index (χ2n) is 8.41. The van der Waals surface area contributed by atoms with Gasteiger partial charge in [0.15, 0.2) is 0 Å². The first kappa shape index (κ1) is 20.3. The number of carbonyl (C=O) groups is 1. The smallest absolute Gasteiger partial charge is 0.410 e. The minimum atomic E-state index is -0.475. The van der Waals surface area contributed by atoms with Gasteiger partial charge in [0.25, 0.3) is 0 Å². The zero-order valence-electron chi connectivity index (χ0n) is 17.0. The topological polar surface area (TPSA) is 55.6 Å². The van der Waals surface area contributed by atoms with Crippen LogP contribution in [0.2, 0.25) is 0 Å². The van der Waals surface area contributed by atoms with Crippen LogP contribution in [-0.2, 0) is 11.2 Å². The predicted molar refractivity (Wildman–Crippen MR) is 109 cm³/mol. The molecule has 1 heterocycles. The third-order valence-electron chi connectivity index (χ3n) is 4.93. The molecule has 1 fully saturated rings. The molecule has 26 heavy (non-hydrogen) atoms. The van der Waals surface area contributed by atoms with Gasteiger partial charge >= 0.3 is 6.09 Å². The van der Waals surface area contributed by atoms with Crippen LogP contribution in [0.15, 0.2) is 24.3 Å². The molecule has 0 aliphatic carbocycles. The van der Waals surface area contributed by atoms with Crippen LogP contribution in [0.3, 0.4) is 0 Å². The normalized spacial score (nSPS) is 18.1. The van der Waals surface area contributed by atoms with Crippen molar-refractivity contribution in [1.82, 2.24) is 4.90 Å². The van der Waals surface area contributed by atoms with Gasteiger partial charge in [0, 0.05) is 24.7 Å². The van der Waals surface area contributed by atoms with E-state index in [4.69, 9.17) is 10.5 Å². The fourth-order valence-electron chi connectivity index (χ4n) is 3.53. The standard InChI is InChI=1S/C22H34N2O2/c1-7-8-9-17-13-19(15(2)12-20(17)23)18-10-11-24(14-16(18)3)21(25)26-22(4,5)6/h12-13,18H,3,7-11,14,23H2,1-2,4-6H3. The Balaban J connectivity index is 2.14. The van der Waals surface area contributed by atoms with Crippen LogP contribution in [0.5, 0.6) is 0 Å². The lowest BCUT2D eigenvalue weighted by Crippen LogP contribution is -2.42. The van der Waals surface area contributed by atoms with Crippen molar-refractivity contribution in [2.45, 2.75) is 71.8 Å². The third-order valence-corrected chi connectivity index (χ3v) is 4.93. The van der Waals surface area contributed by atoms with Crippen molar-refractivity contribution in [3.8, 4) is 0 Å². The molecule has 0 aromatic heterocycles. The molecule has 0 bridgehead atoms. The van der Waals surface area contributed by atoms with Crippen LogP contribution in [0.25, 0.3) is 0 Å². The van der Waals surface area contributed by atoms with Gasteiger partial charge in [-0.2, -0.15) is 0 Å². The molecule has 0 saturated carbocycles. The van der Waals surface area contributed by atoms with E-state index in [1.54, 1.807) is 4.90 Å². The number of nitrogens with two attached hydrogens (primary N) is 1. The molecule has 4 heteroatoms. The number of unbranched alkanes of at least 4 members (excludes halogenated alkanes) is 1. The van der Waals surface area contributed by atoms with Gasteiger partial charge < -0.3 is 15.4 Å². The van der Waals surface area contributed by atoms with Gasteiger partial charge in [-0.3, -0.25) is 0 Å². The number of likely N-dealkylation sites (tertiary alicyclic amines) is 1. The van der Waals surface area contributed by atoms with E-state index in [2.05, 4.69) is 32.6 Å². The molecule has 1 aliphatic rings. The molecule has 2 rings (SSSR count). The summed E-state index contributed by atoms with van der Waals surface area (Å²) in [4.78, 5) is 14.1. The van der Waals surface area contributed by atoms with Gasteiger partial charge in [0.2, 0.25) is 0 Å². The second-order valence-corrected chi connectivity index (χ2v) is 8.41. The highest BCUT2D eigenvalue weighted by molar-refractivity contribution is 5.69. The quantitative estimate of drug-likeness (QED) is 0.594. The number of benzene rings is 1. The summed E-state index contributed by atoms with van der Waals surface area (Å²) in [6.07, 6.45) is 3.93. The largest absolute Gasteiger partial charge is 0.444 e. The average Bonchev–Trinajstić information content (AvgIpc) is 2.53. The molecule has 2 N–H and O–H groups in total. The van der Waals surface area contributed by atoms with E-state index in [1.165, 1.54) is 16.7 Å². The van der Waals surface area contributed by atoms with E-state index in [-0.39, 0.29) is 12.0 Å². The van der Waals surface area contributed by atoms with Gasteiger partial charge in [0.1, 0.15) is 5.60 Å². The van der Waals surface area contributed by atoms with Crippen molar-refractivity contribution >= 4 is 11.8 Å². The summed E-state index contributed by atoms with van der Waals surface area (Å²) in [5, 5.41) is 0. The van der Waals surface area contributed by atoms with Gasteiger partial charge in [0.05, 0.1) is 0 Å². The van der Waals surface area contributed by atoms with E-state index < -0.39 is 5.60 Å². The van der Waals surface area contributed by atoms with E-state index in [9.17, 15) is 4.79 Å². The van der Waals surface area contributed by atoms with Gasteiger partial charge in [-0.15, -0.1) is 0 Å². The number of hydrogen-bond donors (Lipinski definition) is 1. The van der Waals surface area contributed by atoms with Gasteiger partial charge in [-0.25, -0.2) is 4.79 Å². The molecule has 4 nitrogen and oxygen atoms in total. The fraction of sp³-hybridized carbons (Fsp3) is 0.591. The molecule has 1 atom stereocenters. The number of amides is 1. The maximum atomic E-state index is 12.3.